The van der Waals surface area contributed by atoms with Crippen LogP contribution in [0, 0.1) is 0 Å². The molecule has 0 aliphatic heterocycles. The van der Waals surface area contributed by atoms with E-state index in [0.29, 0.717) is 22.6 Å². The highest BCUT2D eigenvalue weighted by Gasteiger charge is 2.17. The molecule has 4 rings (SSSR count). The number of benzene rings is 2. The second kappa shape index (κ2) is 8.69. The molecule has 6 nitrogen and oxygen atoms in total. The van der Waals surface area contributed by atoms with Crippen LogP contribution < -0.4 is 16.3 Å². The number of anilines is 1. The number of carbonyl (C=O) groups excluding carboxylic acids is 1. The summed E-state index contributed by atoms with van der Waals surface area (Å²) in [5.41, 5.74) is 4.16. The molecule has 0 saturated carbocycles. The molecule has 2 heterocycles. The van der Waals surface area contributed by atoms with Crippen LogP contribution in [0.2, 0.25) is 0 Å². The van der Waals surface area contributed by atoms with E-state index in [9.17, 15) is 9.59 Å². The highest BCUT2D eigenvalue weighted by atomic mass is 32.1. The van der Waals surface area contributed by atoms with Gasteiger partial charge in [0.25, 0.3) is 0 Å². The van der Waals surface area contributed by atoms with Crippen LogP contribution in [0.1, 0.15) is 41.8 Å². The Kier molecular flexibility index (Phi) is 5.83. The van der Waals surface area contributed by atoms with Crippen LogP contribution in [0.4, 0.5) is 5.69 Å². The van der Waals surface area contributed by atoms with E-state index < -0.39 is 0 Å². The molecule has 0 aliphatic carbocycles. The summed E-state index contributed by atoms with van der Waals surface area (Å²) in [4.78, 5) is 30.5. The van der Waals surface area contributed by atoms with Crippen LogP contribution in [0.25, 0.3) is 11.0 Å². The van der Waals surface area contributed by atoms with Gasteiger partial charge in [0.15, 0.2) is 0 Å². The van der Waals surface area contributed by atoms with Gasteiger partial charge in [-0.1, -0.05) is 44.2 Å². The minimum absolute atomic E-state index is 0.0551. The zero-order chi connectivity index (χ0) is 21.1. The van der Waals surface area contributed by atoms with Crippen molar-refractivity contribution in [2.75, 3.05) is 11.9 Å². The first kappa shape index (κ1) is 20.1. The van der Waals surface area contributed by atoms with Crippen LogP contribution in [-0.2, 0) is 4.79 Å². The predicted octanol–water partition coefficient (Wildman–Crippen LogP) is 4.36. The first-order chi connectivity index (χ1) is 14.5. The Balaban J connectivity index is 1.46. The summed E-state index contributed by atoms with van der Waals surface area (Å²) < 4.78 is 0. The fourth-order valence-electron chi connectivity index (χ4n) is 3.42. The summed E-state index contributed by atoms with van der Waals surface area (Å²) in [6.07, 6.45) is 0. The lowest BCUT2D eigenvalue weighted by Crippen LogP contribution is -2.31. The maximum atomic E-state index is 12.6. The number of nitrogens with one attached hydrogen (secondary N) is 4. The molecule has 1 atom stereocenters. The lowest BCUT2D eigenvalue weighted by atomic mass is 9.98. The highest BCUT2D eigenvalue weighted by molar-refractivity contribution is 7.10. The number of amides is 1. The Morgan fingerprint density at radius 3 is 2.43 bits per heavy atom. The summed E-state index contributed by atoms with van der Waals surface area (Å²) in [5.74, 6) is 0.331. The fourth-order valence-corrected chi connectivity index (χ4v) is 4.25. The van der Waals surface area contributed by atoms with E-state index in [4.69, 9.17) is 0 Å². The molecule has 0 radical (unpaired) electrons. The molecule has 1 unspecified atom stereocenters. The van der Waals surface area contributed by atoms with Gasteiger partial charge >= 0.3 is 5.69 Å². The largest absolute Gasteiger partial charge is 0.325 e. The van der Waals surface area contributed by atoms with Gasteiger partial charge in [-0.15, -0.1) is 11.3 Å². The molecule has 0 saturated heterocycles. The topological polar surface area (TPSA) is 89.8 Å². The van der Waals surface area contributed by atoms with E-state index in [1.165, 1.54) is 5.56 Å². The Morgan fingerprint density at radius 1 is 1.00 bits per heavy atom. The molecule has 0 spiro atoms. The second-order valence-electron chi connectivity index (χ2n) is 7.54. The standard InChI is InChI=1S/C23H24N4O2S/c1-14(2)15-5-7-16(8-6-15)22(20-4-3-11-30-20)24-13-21(28)25-17-9-10-18-19(12-17)27-23(29)26-18/h3-12,14,22,24H,13H2,1-2H3,(H,25,28)(H2,26,27,29). The number of hydrogen-bond acceptors (Lipinski definition) is 4. The van der Waals surface area contributed by atoms with E-state index in [2.05, 4.69) is 64.8 Å². The SMILES string of the molecule is CC(C)c1ccc(C(NCC(=O)Nc2ccc3[nH]c(=O)[nH]c3c2)c2cccs2)cc1. The summed E-state index contributed by atoms with van der Waals surface area (Å²) in [6, 6.07) is 17.9. The van der Waals surface area contributed by atoms with Gasteiger partial charge in [-0.25, -0.2) is 4.79 Å². The molecule has 4 aromatic rings. The second-order valence-corrected chi connectivity index (χ2v) is 8.52. The highest BCUT2D eigenvalue weighted by Crippen LogP contribution is 2.27. The molecule has 0 bridgehead atoms. The number of aromatic amines is 2. The third kappa shape index (κ3) is 4.53. The molecule has 1 amide bonds. The lowest BCUT2D eigenvalue weighted by molar-refractivity contribution is -0.115. The molecule has 7 heteroatoms. The predicted molar refractivity (Wildman–Crippen MR) is 122 cm³/mol. The Morgan fingerprint density at radius 2 is 1.73 bits per heavy atom. The number of hydrogen-bond donors (Lipinski definition) is 4. The average molecular weight is 421 g/mol. The van der Waals surface area contributed by atoms with Crippen molar-refractivity contribution in [3.8, 4) is 0 Å². The number of carbonyl (C=O) groups is 1. The molecule has 154 valence electrons. The summed E-state index contributed by atoms with van der Waals surface area (Å²) >= 11 is 1.66. The van der Waals surface area contributed by atoms with Gasteiger partial charge in [0, 0.05) is 10.6 Å². The summed E-state index contributed by atoms with van der Waals surface area (Å²) in [7, 11) is 0. The molecule has 4 N–H and O–H groups in total. The first-order valence-electron chi connectivity index (χ1n) is 9.88. The van der Waals surface area contributed by atoms with Crippen molar-refractivity contribution in [1.82, 2.24) is 15.3 Å². The number of aromatic nitrogens is 2. The van der Waals surface area contributed by atoms with Gasteiger partial charge in [-0.2, -0.15) is 0 Å². The minimum Gasteiger partial charge on any atom is -0.325 e. The molecule has 30 heavy (non-hydrogen) atoms. The lowest BCUT2D eigenvalue weighted by Gasteiger charge is -2.19. The van der Waals surface area contributed by atoms with Crippen LogP contribution in [0.5, 0.6) is 0 Å². The molecular weight excluding hydrogens is 396 g/mol. The van der Waals surface area contributed by atoms with E-state index in [1.54, 1.807) is 29.5 Å². The van der Waals surface area contributed by atoms with Gasteiger partial charge < -0.3 is 15.3 Å². The van der Waals surface area contributed by atoms with Crippen LogP contribution in [0.15, 0.2) is 64.8 Å². The van der Waals surface area contributed by atoms with Gasteiger partial charge in [-0.3, -0.25) is 10.1 Å². The molecule has 0 fully saturated rings. The molecule has 2 aromatic carbocycles. The van der Waals surface area contributed by atoms with Crippen molar-refractivity contribution in [2.24, 2.45) is 0 Å². The van der Waals surface area contributed by atoms with Gasteiger partial charge in [0.1, 0.15) is 0 Å². The number of imidazole rings is 1. The maximum absolute atomic E-state index is 12.6. The Hall–Kier alpha value is -3.16. The van der Waals surface area contributed by atoms with Crippen LogP contribution in [0.3, 0.4) is 0 Å². The smallest absolute Gasteiger partial charge is 0.323 e. The molecule has 2 aromatic heterocycles. The van der Waals surface area contributed by atoms with Crippen molar-refractivity contribution in [3.05, 3.63) is 86.5 Å². The van der Waals surface area contributed by atoms with Crippen molar-refractivity contribution < 1.29 is 4.79 Å². The normalized spacial score (nSPS) is 12.4. The average Bonchev–Trinajstić information content (AvgIpc) is 3.37. The quantitative estimate of drug-likeness (QED) is 0.358. The number of rotatable bonds is 7. The van der Waals surface area contributed by atoms with E-state index >= 15 is 0 Å². The van der Waals surface area contributed by atoms with Crippen molar-refractivity contribution in [3.63, 3.8) is 0 Å². The zero-order valence-corrected chi connectivity index (χ0v) is 17.7. The number of fused-ring (bicyclic) bond motifs is 1. The minimum atomic E-state index is -0.266. The fraction of sp³-hybridized carbons (Fsp3) is 0.217. The van der Waals surface area contributed by atoms with Crippen molar-refractivity contribution in [1.29, 1.82) is 0 Å². The first-order valence-corrected chi connectivity index (χ1v) is 10.8. The summed E-state index contributed by atoms with van der Waals surface area (Å²) in [5, 5.41) is 8.31. The third-order valence-electron chi connectivity index (χ3n) is 5.03. The maximum Gasteiger partial charge on any atom is 0.323 e. The van der Waals surface area contributed by atoms with E-state index in [-0.39, 0.29) is 24.2 Å². The van der Waals surface area contributed by atoms with Crippen LogP contribution in [-0.4, -0.2) is 22.4 Å². The zero-order valence-electron chi connectivity index (χ0n) is 16.9. The number of thiophene rings is 1. The van der Waals surface area contributed by atoms with E-state index in [1.807, 2.05) is 11.4 Å². The number of H-pyrrole nitrogens is 2. The van der Waals surface area contributed by atoms with E-state index in [0.717, 1.165) is 10.4 Å². The molecular formula is C23H24N4O2S. The summed E-state index contributed by atoms with van der Waals surface area (Å²) in [6.45, 7) is 4.51. The van der Waals surface area contributed by atoms with Crippen LogP contribution >= 0.6 is 11.3 Å². The van der Waals surface area contributed by atoms with Crippen molar-refractivity contribution in [2.45, 2.75) is 25.8 Å². The monoisotopic (exact) mass is 420 g/mol. The molecule has 0 aliphatic rings. The van der Waals surface area contributed by atoms with Gasteiger partial charge in [0.2, 0.25) is 5.91 Å². The Bertz CT molecular complexity index is 1190. The van der Waals surface area contributed by atoms with Crippen molar-refractivity contribution >= 4 is 34.0 Å². The van der Waals surface area contributed by atoms with Gasteiger partial charge in [-0.05, 0) is 46.7 Å². The third-order valence-corrected chi connectivity index (χ3v) is 5.97. The Labute approximate surface area is 178 Å². The van der Waals surface area contributed by atoms with Gasteiger partial charge in [0.05, 0.1) is 23.6 Å².